The highest BCUT2D eigenvalue weighted by Gasteiger charge is 2.18. The third-order valence-corrected chi connectivity index (χ3v) is 2.58. The first-order chi connectivity index (χ1) is 5.74. The number of nitrogens with one attached hydrogen (secondary N) is 2. The van der Waals surface area contributed by atoms with Crippen LogP contribution in [-0.4, -0.2) is 37.4 Å². The number of piperidine rings is 1. The summed E-state index contributed by atoms with van der Waals surface area (Å²) in [4.78, 5) is 2.16. The van der Waals surface area contributed by atoms with Gasteiger partial charge >= 0.3 is 0 Å². The van der Waals surface area contributed by atoms with Crippen LogP contribution in [0.3, 0.4) is 0 Å². The molecule has 1 saturated heterocycles. The summed E-state index contributed by atoms with van der Waals surface area (Å²) >= 11 is 0. The van der Waals surface area contributed by atoms with Crippen molar-refractivity contribution in [2.45, 2.75) is 19.8 Å². The van der Waals surface area contributed by atoms with Crippen LogP contribution in [-0.2, 0) is 0 Å². The van der Waals surface area contributed by atoms with Gasteiger partial charge in [-0.25, -0.2) is 0 Å². The normalized spacial score (nSPS) is 19.7. The van der Waals surface area contributed by atoms with E-state index in [1.807, 2.05) is 14.0 Å². The van der Waals surface area contributed by atoms with Crippen LogP contribution in [0.2, 0.25) is 0 Å². The number of likely N-dealkylation sites (tertiary alicyclic amines) is 1. The predicted octanol–water partition coefficient (Wildman–Crippen LogP) is 0.915. The topological polar surface area (TPSA) is 39.1 Å². The first-order valence-electron chi connectivity index (χ1n) is 4.68. The van der Waals surface area contributed by atoms with Crippen molar-refractivity contribution in [3.8, 4) is 0 Å². The van der Waals surface area contributed by atoms with Crippen LogP contribution >= 0.6 is 0 Å². The van der Waals surface area contributed by atoms with Crippen molar-refractivity contribution in [1.29, 1.82) is 5.41 Å². The molecule has 0 unspecified atom stereocenters. The maximum Gasteiger partial charge on any atom is 0.0925 e. The van der Waals surface area contributed by atoms with Crippen LogP contribution in [0.1, 0.15) is 19.8 Å². The van der Waals surface area contributed by atoms with Crippen LogP contribution < -0.4 is 5.32 Å². The van der Waals surface area contributed by atoms with Crippen molar-refractivity contribution < 1.29 is 0 Å². The molecule has 0 aromatic heterocycles. The molecule has 0 aromatic carbocycles. The van der Waals surface area contributed by atoms with E-state index in [0.29, 0.717) is 0 Å². The quantitative estimate of drug-likeness (QED) is 0.476. The molecule has 1 aliphatic rings. The number of hydrogen-bond acceptors (Lipinski definition) is 2. The van der Waals surface area contributed by atoms with Gasteiger partial charge < -0.3 is 10.2 Å². The predicted molar refractivity (Wildman–Crippen MR) is 51.6 cm³/mol. The van der Waals surface area contributed by atoms with E-state index in [2.05, 4.69) is 10.2 Å². The van der Waals surface area contributed by atoms with Gasteiger partial charge in [0.25, 0.3) is 0 Å². The second-order valence-electron chi connectivity index (χ2n) is 3.57. The molecule has 1 rings (SSSR count). The van der Waals surface area contributed by atoms with Crippen LogP contribution in [0, 0.1) is 11.3 Å². The fourth-order valence-corrected chi connectivity index (χ4v) is 1.76. The zero-order valence-corrected chi connectivity index (χ0v) is 8.06. The third-order valence-electron chi connectivity index (χ3n) is 2.58. The molecule has 3 heteroatoms. The second kappa shape index (κ2) is 4.45. The molecule has 0 atom stereocenters. The molecule has 0 spiro atoms. The Balaban J connectivity index is 2.25. The average molecular weight is 169 g/mol. The van der Waals surface area contributed by atoms with Gasteiger partial charge in [-0.3, -0.25) is 5.41 Å². The summed E-state index contributed by atoms with van der Waals surface area (Å²) in [6, 6.07) is 0. The minimum Gasteiger partial charge on any atom is -0.361 e. The third kappa shape index (κ3) is 2.48. The van der Waals surface area contributed by atoms with E-state index < -0.39 is 0 Å². The molecule has 70 valence electrons. The van der Waals surface area contributed by atoms with E-state index in [9.17, 15) is 0 Å². The van der Waals surface area contributed by atoms with Crippen molar-refractivity contribution in [1.82, 2.24) is 10.2 Å². The maximum absolute atomic E-state index is 7.47. The zero-order valence-electron chi connectivity index (χ0n) is 8.06. The fourth-order valence-electron chi connectivity index (χ4n) is 1.76. The molecular weight excluding hydrogens is 150 g/mol. The van der Waals surface area contributed by atoms with Gasteiger partial charge in [0.05, 0.1) is 5.84 Å². The van der Waals surface area contributed by atoms with E-state index in [0.717, 1.165) is 31.4 Å². The van der Waals surface area contributed by atoms with Crippen LogP contribution in [0.4, 0.5) is 0 Å². The molecule has 0 amide bonds. The van der Waals surface area contributed by atoms with E-state index in [-0.39, 0.29) is 0 Å². The van der Waals surface area contributed by atoms with Gasteiger partial charge in [-0.05, 0) is 39.3 Å². The largest absolute Gasteiger partial charge is 0.361 e. The number of rotatable bonds is 2. The van der Waals surface area contributed by atoms with Crippen molar-refractivity contribution in [3.63, 3.8) is 0 Å². The standard InChI is InChI=1S/C9H19N3/c1-8(10)12-5-3-9(4-6-12)7-11-2/h9-11H,3-7H2,1-2H3. The molecule has 1 fully saturated rings. The Hall–Kier alpha value is -0.570. The lowest BCUT2D eigenvalue weighted by molar-refractivity contribution is 0.261. The minimum atomic E-state index is 0.720. The van der Waals surface area contributed by atoms with Gasteiger partial charge in [-0.2, -0.15) is 0 Å². The average Bonchev–Trinajstić information content (AvgIpc) is 2.06. The Labute approximate surface area is 74.6 Å². The molecule has 3 nitrogen and oxygen atoms in total. The molecule has 0 bridgehead atoms. The minimum absolute atomic E-state index is 0.720. The lowest BCUT2D eigenvalue weighted by Gasteiger charge is -2.32. The zero-order chi connectivity index (χ0) is 8.97. The summed E-state index contributed by atoms with van der Waals surface area (Å²) in [6.07, 6.45) is 2.47. The molecule has 0 saturated carbocycles. The summed E-state index contributed by atoms with van der Waals surface area (Å²) in [5.41, 5.74) is 0. The van der Waals surface area contributed by atoms with E-state index in [1.54, 1.807) is 0 Å². The van der Waals surface area contributed by atoms with E-state index in [1.165, 1.54) is 12.8 Å². The maximum atomic E-state index is 7.47. The Morgan fingerprint density at radius 2 is 2.08 bits per heavy atom. The highest BCUT2D eigenvalue weighted by molar-refractivity contribution is 5.76. The highest BCUT2D eigenvalue weighted by atomic mass is 15.2. The molecule has 1 aliphatic heterocycles. The Morgan fingerprint density at radius 3 is 2.50 bits per heavy atom. The van der Waals surface area contributed by atoms with Gasteiger partial charge in [0, 0.05) is 13.1 Å². The molecule has 1 heterocycles. The van der Waals surface area contributed by atoms with Gasteiger partial charge in [0.1, 0.15) is 0 Å². The van der Waals surface area contributed by atoms with Gasteiger partial charge in [0.15, 0.2) is 0 Å². The van der Waals surface area contributed by atoms with Crippen LogP contribution in [0.15, 0.2) is 0 Å². The molecule has 2 N–H and O–H groups in total. The first kappa shape index (κ1) is 9.52. The molecule has 0 aromatic rings. The van der Waals surface area contributed by atoms with Gasteiger partial charge in [-0.1, -0.05) is 0 Å². The molecule has 12 heavy (non-hydrogen) atoms. The Bertz CT molecular complexity index is 148. The molecule has 0 aliphatic carbocycles. The van der Waals surface area contributed by atoms with Gasteiger partial charge in [-0.15, -0.1) is 0 Å². The van der Waals surface area contributed by atoms with Crippen molar-refractivity contribution >= 4 is 5.84 Å². The van der Waals surface area contributed by atoms with Crippen molar-refractivity contribution in [3.05, 3.63) is 0 Å². The number of nitrogens with zero attached hydrogens (tertiary/aromatic N) is 1. The lowest BCUT2D eigenvalue weighted by atomic mass is 9.97. The van der Waals surface area contributed by atoms with Crippen molar-refractivity contribution in [2.75, 3.05) is 26.7 Å². The van der Waals surface area contributed by atoms with E-state index in [4.69, 9.17) is 5.41 Å². The number of amidine groups is 1. The fraction of sp³-hybridized carbons (Fsp3) is 0.889. The SMILES string of the molecule is CNCC1CCN(C(C)=N)CC1. The Morgan fingerprint density at radius 1 is 1.50 bits per heavy atom. The van der Waals surface area contributed by atoms with Crippen molar-refractivity contribution in [2.24, 2.45) is 5.92 Å². The summed E-state index contributed by atoms with van der Waals surface area (Å²) in [5.74, 6) is 1.54. The second-order valence-corrected chi connectivity index (χ2v) is 3.57. The summed E-state index contributed by atoms with van der Waals surface area (Å²) in [7, 11) is 2.01. The summed E-state index contributed by atoms with van der Waals surface area (Å²) < 4.78 is 0. The smallest absolute Gasteiger partial charge is 0.0925 e. The van der Waals surface area contributed by atoms with Gasteiger partial charge in [0.2, 0.25) is 0 Å². The van der Waals surface area contributed by atoms with E-state index >= 15 is 0 Å². The number of hydrogen-bond donors (Lipinski definition) is 2. The summed E-state index contributed by atoms with van der Waals surface area (Å²) in [5, 5.41) is 10.7. The monoisotopic (exact) mass is 169 g/mol. The first-order valence-corrected chi connectivity index (χ1v) is 4.68. The molecule has 0 radical (unpaired) electrons. The highest BCUT2D eigenvalue weighted by Crippen LogP contribution is 2.15. The summed E-state index contributed by atoms with van der Waals surface area (Å²) in [6.45, 7) is 5.15. The Kier molecular flexibility index (Phi) is 3.53. The van der Waals surface area contributed by atoms with Crippen LogP contribution in [0.5, 0.6) is 0 Å². The molecular formula is C9H19N3. The lowest BCUT2D eigenvalue weighted by Crippen LogP contribution is -2.38. The van der Waals surface area contributed by atoms with Crippen LogP contribution in [0.25, 0.3) is 0 Å².